The first-order chi connectivity index (χ1) is 10.7. The first-order valence-corrected chi connectivity index (χ1v) is 7.61. The van der Waals surface area contributed by atoms with E-state index in [0.29, 0.717) is 13.2 Å². The van der Waals surface area contributed by atoms with Crippen LogP contribution in [0.1, 0.15) is 18.4 Å². The van der Waals surface area contributed by atoms with Gasteiger partial charge in [-0.3, -0.25) is 9.48 Å². The molecule has 0 atom stereocenters. The number of carbonyl (C=O) groups is 1. The number of nitrogens with one attached hydrogen (secondary N) is 1. The minimum atomic E-state index is -0.413. The van der Waals surface area contributed by atoms with Crippen LogP contribution >= 0.6 is 0 Å². The first kappa shape index (κ1) is 14.8. The number of hydrogen-bond acceptors (Lipinski definition) is 3. The first-order valence-electron chi connectivity index (χ1n) is 7.61. The topological polar surface area (TPSA) is 56.2 Å². The number of rotatable bonds is 4. The summed E-state index contributed by atoms with van der Waals surface area (Å²) in [5.41, 5.74) is 0.772. The average Bonchev–Trinajstić information content (AvgIpc) is 2.94. The Bertz CT molecular complexity index is 630. The van der Waals surface area contributed by atoms with Crippen molar-refractivity contribution in [2.75, 3.05) is 18.5 Å². The number of ether oxygens (including phenoxy) is 1. The highest BCUT2D eigenvalue weighted by atomic mass is 16.5. The van der Waals surface area contributed by atoms with Crippen molar-refractivity contribution < 1.29 is 9.53 Å². The lowest BCUT2D eigenvalue weighted by atomic mass is 9.74. The summed E-state index contributed by atoms with van der Waals surface area (Å²) in [6, 6.07) is 12.0. The van der Waals surface area contributed by atoms with Crippen molar-refractivity contribution in [3.05, 3.63) is 48.2 Å². The van der Waals surface area contributed by atoms with Gasteiger partial charge in [-0.1, -0.05) is 30.3 Å². The molecule has 1 aromatic carbocycles. The number of benzene rings is 1. The van der Waals surface area contributed by atoms with Gasteiger partial charge in [-0.25, -0.2) is 0 Å². The summed E-state index contributed by atoms with van der Waals surface area (Å²) in [6.07, 6.45) is 3.90. The van der Waals surface area contributed by atoms with E-state index in [1.165, 1.54) is 5.56 Å². The van der Waals surface area contributed by atoms with Gasteiger partial charge < -0.3 is 10.1 Å². The predicted molar refractivity (Wildman–Crippen MR) is 84.5 cm³/mol. The van der Waals surface area contributed by atoms with E-state index in [9.17, 15) is 4.79 Å². The highest BCUT2D eigenvalue weighted by molar-refractivity contribution is 5.95. The Labute approximate surface area is 130 Å². The molecular weight excluding hydrogens is 278 g/mol. The zero-order valence-corrected chi connectivity index (χ0v) is 12.8. The van der Waals surface area contributed by atoms with E-state index in [4.69, 9.17) is 4.74 Å². The molecule has 1 fully saturated rings. The molecule has 2 aromatic rings. The van der Waals surface area contributed by atoms with Crippen LogP contribution in [0.2, 0.25) is 0 Å². The quantitative estimate of drug-likeness (QED) is 0.943. The van der Waals surface area contributed by atoms with Crippen molar-refractivity contribution in [2.45, 2.75) is 19.3 Å². The van der Waals surface area contributed by atoms with E-state index >= 15 is 0 Å². The van der Waals surface area contributed by atoms with Crippen LogP contribution in [0, 0.1) is 5.41 Å². The molecule has 0 saturated carbocycles. The van der Waals surface area contributed by atoms with Gasteiger partial charge in [0, 0.05) is 26.3 Å². The van der Waals surface area contributed by atoms with Crippen LogP contribution in [0.5, 0.6) is 0 Å². The van der Waals surface area contributed by atoms with Crippen molar-refractivity contribution in [1.82, 2.24) is 9.78 Å². The van der Waals surface area contributed by atoms with Gasteiger partial charge in [0.15, 0.2) is 0 Å². The van der Waals surface area contributed by atoms with E-state index in [0.717, 1.165) is 25.1 Å². The SMILES string of the molecule is Cn1nccc1NC(=O)C1(Cc2ccccc2)CCOCC1. The van der Waals surface area contributed by atoms with Gasteiger partial charge in [-0.15, -0.1) is 0 Å². The van der Waals surface area contributed by atoms with Crippen molar-refractivity contribution in [2.24, 2.45) is 12.5 Å². The second-order valence-corrected chi connectivity index (χ2v) is 5.85. The third-order valence-corrected chi connectivity index (χ3v) is 4.38. The van der Waals surface area contributed by atoms with E-state index in [2.05, 4.69) is 22.5 Å². The minimum absolute atomic E-state index is 0.0586. The maximum Gasteiger partial charge on any atom is 0.232 e. The number of anilines is 1. The Balaban J connectivity index is 1.82. The molecular formula is C17H21N3O2. The summed E-state index contributed by atoms with van der Waals surface area (Å²) >= 11 is 0. The molecule has 1 aliphatic heterocycles. The molecule has 1 aliphatic rings. The minimum Gasteiger partial charge on any atom is -0.381 e. The Kier molecular flexibility index (Phi) is 4.24. The van der Waals surface area contributed by atoms with Gasteiger partial charge in [0.05, 0.1) is 11.6 Å². The maximum atomic E-state index is 12.9. The van der Waals surface area contributed by atoms with Crippen LogP contribution in [0.15, 0.2) is 42.6 Å². The van der Waals surface area contributed by atoms with Crippen LogP contribution in [-0.2, 0) is 23.0 Å². The van der Waals surface area contributed by atoms with Crippen LogP contribution in [-0.4, -0.2) is 28.9 Å². The summed E-state index contributed by atoms with van der Waals surface area (Å²) < 4.78 is 7.15. The fraction of sp³-hybridized carbons (Fsp3) is 0.412. The van der Waals surface area contributed by atoms with Gasteiger partial charge >= 0.3 is 0 Å². The van der Waals surface area contributed by atoms with E-state index in [-0.39, 0.29) is 5.91 Å². The van der Waals surface area contributed by atoms with Gasteiger partial charge in [0.25, 0.3) is 0 Å². The molecule has 0 unspecified atom stereocenters. The molecule has 0 aliphatic carbocycles. The van der Waals surface area contributed by atoms with E-state index in [1.54, 1.807) is 10.9 Å². The fourth-order valence-corrected chi connectivity index (χ4v) is 2.98. The molecule has 116 valence electrons. The van der Waals surface area contributed by atoms with Gasteiger partial charge in [-0.05, 0) is 24.8 Å². The lowest BCUT2D eigenvalue weighted by Gasteiger charge is -2.35. The fourth-order valence-electron chi connectivity index (χ4n) is 2.98. The molecule has 5 heteroatoms. The molecule has 0 spiro atoms. The average molecular weight is 299 g/mol. The lowest BCUT2D eigenvalue weighted by Crippen LogP contribution is -2.43. The molecule has 5 nitrogen and oxygen atoms in total. The summed E-state index contributed by atoms with van der Waals surface area (Å²) in [5.74, 6) is 0.784. The van der Waals surface area contributed by atoms with Crippen molar-refractivity contribution in [3.8, 4) is 0 Å². The number of hydrogen-bond donors (Lipinski definition) is 1. The normalized spacial score (nSPS) is 17.1. The number of carbonyl (C=O) groups excluding carboxylic acids is 1. The Morgan fingerprint density at radius 1 is 1.27 bits per heavy atom. The molecule has 2 heterocycles. The van der Waals surface area contributed by atoms with E-state index in [1.807, 2.05) is 31.3 Å². The molecule has 1 amide bonds. The predicted octanol–water partition coefficient (Wildman–Crippen LogP) is 2.40. The lowest BCUT2D eigenvalue weighted by molar-refractivity contribution is -0.131. The van der Waals surface area contributed by atoms with Gasteiger partial charge in [0.2, 0.25) is 5.91 Å². The number of nitrogens with zero attached hydrogens (tertiary/aromatic N) is 2. The number of aromatic nitrogens is 2. The van der Waals surface area contributed by atoms with Crippen LogP contribution in [0.25, 0.3) is 0 Å². The number of amides is 1. The maximum absolute atomic E-state index is 12.9. The van der Waals surface area contributed by atoms with Crippen molar-refractivity contribution >= 4 is 11.7 Å². The second-order valence-electron chi connectivity index (χ2n) is 5.85. The Morgan fingerprint density at radius 3 is 2.64 bits per heavy atom. The highest BCUT2D eigenvalue weighted by Crippen LogP contribution is 2.35. The van der Waals surface area contributed by atoms with Gasteiger partial charge in [0.1, 0.15) is 5.82 Å². The largest absolute Gasteiger partial charge is 0.381 e. The zero-order valence-electron chi connectivity index (χ0n) is 12.8. The van der Waals surface area contributed by atoms with Crippen LogP contribution in [0.3, 0.4) is 0 Å². The summed E-state index contributed by atoms with van der Waals surface area (Å²) in [6.45, 7) is 1.26. The molecule has 0 radical (unpaired) electrons. The molecule has 1 aromatic heterocycles. The number of aryl methyl sites for hydroxylation is 1. The molecule has 0 bridgehead atoms. The standard InChI is InChI=1S/C17H21N3O2/c1-20-15(7-10-18-20)19-16(21)17(8-11-22-12-9-17)13-14-5-3-2-4-6-14/h2-7,10H,8-9,11-13H2,1H3,(H,19,21). The van der Waals surface area contributed by atoms with Crippen molar-refractivity contribution in [1.29, 1.82) is 0 Å². The molecule has 1 saturated heterocycles. The molecule has 3 rings (SSSR count). The second kappa shape index (κ2) is 6.32. The summed E-state index contributed by atoms with van der Waals surface area (Å²) in [7, 11) is 1.82. The summed E-state index contributed by atoms with van der Waals surface area (Å²) in [4.78, 5) is 12.9. The third kappa shape index (κ3) is 3.04. The highest BCUT2D eigenvalue weighted by Gasteiger charge is 2.40. The van der Waals surface area contributed by atoms with Crippen LogP contribution in [0.4, 0.5) is 5.82 Å². The summed E-state index contributed by atoms with van der Waals surface area (Å²) in [5, 5.41) is 7.13. The van der Waals surface area contributed by atoms with Crippen LogP contribution < -0.4 is 5.32 Å². The molecule has 1 N–H and O–H groups in total. The third-order valence-electron chi connectivity index (χ3n) is 4.38. The van der Waals surface area contributed by atoms with Gasteiger partial charge in [-0.2, -0.15) is 5.10 Å². The zero-order chi connectivity index (χ0) is 15.4. The Morgan fingerprint density at radius 2 is 2.00 bits per heavy atom. The van der Waals surface area contributed by atoms with E-state index < -0.39 is 5.41 Å². The van der Waals surface area contributed by atoms with Crippen molar-refractivity contribution in [3.63, 3.8) is 0 Å². The monoisotopic (exact) mass is 299 g/mol. The smallest absolute Gasteiger partial charge is 0.232 e. The Hall–Kier alpha value is -2.14. The molecule has 22 heavy (non-hydrogen) atoms.